The van der Waals surface area contributed by atoms with Crippen LogP contribution in [0.2, 0.25) is 0 Å². The zero-order chi connectivity index (χ0) is 9.68. The molecule has 0 fully saturated rings. The molecule has 0 heterocycles. The molecule has 0 aliphatic rings. The van der Waals surface area contributed by atoms with Crippen molar-refractivity contribution >= 4 is 11.8 Å². The van der Waals surface area contributed by atoms with Crippen molar-refractivity contribution in [3.05, 3.63) is 30.1 Å². The van der Waals surface area contributed by atoms with E-state index in [9.17, 15) is 4.39 Å². The first-order valence-corrected chi connectivity index (χ1v) is 5.35. The standard InChI is InChI=1S/C10H14FNS/c1-2-9(12)7-13-10-5-3-8(11)4-6-10/h3-6,9H,2,7,12H2,1H3. The van der Waals surface area contributed by atoms with Gasteiger partial charge in [0.15, 0.2) is 0 Å². The van der Waals surface area contributed by atoms with Gasteiger partial charge in [0.05, 0.1) is 0 Å². The summed E-state index contributed by atoms with van der Waals surface area (Å²) in [6, 6.07) is 6.74. The first kappa shape index (κ1) is 10.5. The Bertz CT molecular complexity index is 248. The molecule has 1 atom stereocenters. The van der Waals surface area contributed by atoms with Gasteiger partial charge in [-0.1, -0.05) is 6.92 Å². The second-order valence-electron chi connectivity index (χ2n) is 2.93. The van der Waals surface area contributed by atoms with Crippen molar-refractivity contribution in [1.29, 1.82) is 0 Å². The molecular formula is C10H14FNS. The highest BCUT2D eigenvalue weighted by molar-refractivity contribution is 7.99. The largest absolute Gasteiger partial charge is 0.327 e. The van der Waals surface area contributed by atoms with E-state index in [0.717, 1.165) is 17.1 Å². The summed E-state index contributed by atoms with van der Waals surface area (Å²) in [5.74, 6) is 0.700. The van der Waals surface area contributed by atoms with E-state index >= 15 is 0 Å². The average Bonchev–Trinajstić information content (AvgIpc) is 2.16. The molecule has 0 spiro atoms. The van der Waals surface area contributed by atoms with Gasteiger partial charge in [0.25, 0.3) is 0 Å². The maximum absolute atomic E-state index is 12.5. The van der Waals surface area contributed by atoms with E-state index < -0.39 is 0 Å². The Kier molecular flexibility index (Phi) is 4.25. The number of nitrogens with two attached hydrogens (primary N) is 1. The lowest BCUT2D eigenvalue weighted by atomic mass is 10.3. The first-order chi connectivity index (χ1) is 6.22. The zero-order valence-electron chi connectivity index (χ0n) is 7.66. The van der Waals surface area contributed by atoms with Crippen molar-refractivity contribution in [3.8, 4) is 0 Å². The van der Waals surface area contributed by atoms with Gasteiger partial charge in [0, 0.05) is 16.7 Å². The molecular weight excluding hydrogens is 185 g/mol. The Hall–Kier alpha value is -0.540. The monoisotopic (exact) mass is 199 g/mol. The fourth-order valence-electron chi connectivity index (χ4n) is 0.852. The summed E-state index contributed by atoms with van der Waals surface area (Å²) in [6.45, 7) is 2.07. The number of halogens is 1. The van der Waals surface area contributed by atoms with Crippen molar-refractivity contribution in [2.75, 3.05) is 5.75 Å². The second kappa shape index (κ2) is 5.25. The third kappa shape index (κ3) is 3.79. The number of hydrogen-bond acceptors (Lipinski definition) is 2. The lowest BCUT2D eigenvalue weighted by molar-refractivity contribution is 0.626. The van der Waals surface area contributed by atoms with Crippen molar-refractivity contribution in [2.45, 2.75) is 24.3 Å². The minimum absolute atomic E-state index is 0.191. The van der Waals surface area contributed by atoms with Crippen molar-refractivity contribution in [3.63, 3.8) is 0 Å². The van der Waals surface area contributed by atoms with E-state index in [2.05, 4.69) is 6.92 Å². The van der Waals surface area contributed by atoms with Gasteiger partial charge in [0.1, 0.15) is 5.82 Å². The minimum Gasteiger partial charge on any atom is -0.327 e. The van der Waals surface area contributed by atoms with E-state index in [1.54, 1.807) is 23.9 Å². The molecule has 1 unspecified atom stereocenters. The van der Waals surface area contributed by atoms with Crippen molar-refractivity contribution in [2.24, 2.45) is 5.73 Å². The van der Waals surface area contributed by atoms with Crippen LogP contribution in [-0.4, -0.2) is 11.8 Å². The van der Waals surface area contributed by atoms with E-state index in [1.807, 2.05) is 0 Å². The first-order valence-electron chi connectivity index (χ1n) is 4.36. The van der Waals surface area contributed by atoms with Crippen LogP contribution in [0.3, 0.4) is 0 Å². The summed E-state index contributed by atoms with van der Waals surface area (Å²) < 4.78 is 12.5. The summed E-state index contributed by atoms with van der Waals surface area (Å²) in [5, 5.41) is 0. The number of benzene rings is 1. The Morgan fingerprint density at radius 3 is 2.54 bits per heavy atom. The van der Waals surface area contributed by atoms with Gasteiger partial charge in [-0.25, -0.2) is 4.39 Å². The second-order valence-corrected chi connectivity index (χ2v) is 4.03. The summed E-state index contributed by atoms with van der Waals surface area (Å²) in [5.41, 5.74) is 5.76. The summed E-state index contributed by atoms with van der Waals surface area (Å²) in [6.07, 6.45) is 0.980. The molecule has 2 N–H and O–H groups in total. The topological polar surface area (TPSA) is 26.0 Å². The maximum Gasteiger partial charge on any atom is 0.123 e. The smallest absolute Gasteiger partial charge is 0.123 e. The fourth-order valence-corrected chi connectivity index (χ4v) is 1.82. The van der Waals surface area contributed by atoms with Gasteiger partial charge in [-0.3, -0.25) is 0 Å². The highest BCUT2D eigenvalue weighted by Crippen LogP contribution is 2.18. The van der Waals surface area contributed by atoms with Crippen molar-refractivity contribution < 1.29 is 4.39 Å². The summed E-state index contributed by atoms with van der Waals surface area (Å²) >= 11 is 1.67. The maximum atomic E-state index is 12.5. The molecule has 0 radical (unpaired) electrons. The van der Waals surface area contributed by atoms with Crippen LogP contribution in [0, 0.1) is 5.82 Å². The van der Waals surface area contributed by atoms with Crippen LogP contribution in [0.15, 0.2) is 29.2 Å². The van der Waals surface area contributed by atoms with E-state index in [1.165, 1.54) is 12.1 Å². The molecule has 1 aromatic carbocycles. The van der Waals surface area contributed by atoms with E-state index in [0.29, 0.717) is 0 Å². The third-order valence-corrected chi connectivity index (χ3v) is 3.00. The van der Waals surface area contributed by atoms with Crippen molar-refractivity contribution in [1.82, 2.24) is 0 Å². The molecule has 0 saturated heterocycles. The van der Waals surface area contributed by atoms with Crippen LogP contribution in [0.5, 0.6) is 0 Å². The van der Waals surface area contributed by atoms with Crippen LogP contribution in [0.25, 0.3) is 0 Å². The summed E-state index contributed by atoms with van der Waals surface area (Å²) in [4.78, 5) is 1.07. The molecule has 0 saturated carbocycles. The van der Waals surface area contributed by atoms with Crippen LogP contribution < -0.4 is 5.73 Å². The average molecular weight is 199 g/mol. The number of rotatable bonds is 4. The molecule has 0 bridgehead atoms. The molecule has 1 aromatic rings. The normalized spacial score (nSPS) is 12.8. The Labute approximate surface area is 82.5 Å². The molecule has 0 aliphatic heterocycles. The molecule has 1 nitrogen and oxygen atoms in total. The van der Waals surface area contributed by atoms with Gasteiger partial charge in [-0.05, 0) is 30.7 Å². The zero-order valence-corrected chi connectivity index (χ0v) is 8.48. The van der Waals surface area contributed by atoms with E-state index in [-0.39, 0.29) is 11.9 Å². The summed E-state index contributed by atoms with van der Waals surface area (Å²) in [7, 11) is 0. The van der Waals surface area contributed by atoms with Gasteiger partial charge in [-0.15, -0.1) is 11.8 Å². The predicted octanol–water partition coefficient (Wildman–Crippen LogP) is 2.66. The lowest BCUT2D eigenvalue weighted by Gasteiger charge is -2.07. The van der Waals surface area contributed by atoms with Gasteiger partial charge in [0.2, 0.25) is 0 Å². The predicted molar refractivity (Wildman–Crippen MR) is 55.4 cm³/mol. The third-order valence-electron chi connectivity index (χ3n) is 1.80. The van der Waals surface area contributed by atoms with Gasteiger partial charge < -0.3 is 5.73 Å². The quantitative estimate of drug-likeness (QED) is 0.754. The molecule has 72 valence electrons. The number of thioether (sulfide) groups is 1. The highest BCUT2D eigenvalue weighted by atomic mass is 32.2. The van der Waals surface area contributed by atoms with E-state index in [4.69, 9.17) is 5.73 Å². The molecule has 13 heavy (non-hydrogen) atoms. The van der Waals surface area contributed by atoms with Crippen LogP contribution in [-0.2, 0) is 0 Å². The SMILES string of the molecule is CCC(N)CSc1ccc(F)cc1. The molecule has 0 aromatic heterocycles. The molecule has 1 rings (SSSR count). The van der Waals surface area contributed by atoms with Crippen LogP contribution in [0.1, 0.15) is 13.3 Å². The number of hydrogen-bond donors (Lipinski definition) is 1. The Morgan fingerprint density at radius 1 is 1.38 bits per heavy atom. The van der Waals surface area contributed by atoms with Gasteiger partial charge in [-0.2, -0.15) is 0 Å². The van der Waals surface area contributed by atoms with Gasteiger partial charge >= 0.3 is 0 Å². The van der Waals surface area contributed by atoms with Crippen LogP contribution in [0.4, 0.5) is 4.39 Å². The molecule has 3 heteroatoms. The molecule has 0 amide bonds. The Morgan fingerprint density at radius 2 is 2.00 bits per heavy atom. The van der Waals surface area contributed by atoms with Crippen LogP contribution >= 0.6 is 11.8 Å². The Balaban J connectivity index is 2.41. The lowest BCUT2D eigenvalue weighted by Crippen LogP contribution is -2.21. The molecule has 0 aliphatic carbocycles. The fraction of sp³-hybridized carbons (Fsp3) is 0.400. The highest BCUT2D eigenvalue weighted by Gasteiger charge is 2.00. The minimum atomic E-state index is -0.191.